The van der Waals surface area contributed by atoms with E-state index in [1.54, 1.807) is 12.1 Å². The van der Waals surface area contributed by atoms with Crippen molar-refractivity contribution in [3.8, 4) is 5.75 Å². The van der Waals surface area contributed by atoms with Crippen molar-refractivity contribution in [1.29, 1.82) is 0 Å². The van der Waals surface area contributed by atoms with Crippen LogP contribution >= 0.6 is 0 Å². The first-order chi connectivity index (χ1) is 11.8. The average Bonchev–Trinajstić information content (AvgIpc) is 2.56. The van der Waals surface area contributed by atoms with E-state index in [4.69, 9.17) is 15.6 Å². The molecular weight excluding hydrogens is 320 g/mol. The van der Waals surface area contributed by atoms with Crippen molar-refractivity contribution >= 4 is 17.3 Å². The SMILES string of the molecule is C[C@@](O)(C[C@H]1CN(Cc2ccccc2)c2cc(N)ccc2O1)C(=O)O. The molecule has 0 bridgehead atoms. The highest BCUT2D eigenvalue weighted by molar-refractivity contribution is 5.76. The highest BCUT2D eigenvalue weighted by Gasteiger charge is 2.37. The molecule has 4 N–H and O–H groups in total. The van der Waals surface area contributed by atoms with Crippen LogP contribution in [0.5, 0.6) is 5.75 Å². The first-order valence-electron chi connectivity index (χ1n) is 8.16. The lowest BCUT2D eigenvalue weighted by molar-refractivity contribution is -0.159. The van der Waals surface area contributed by atoms with Crippen LogP contribution in [0.3, 0.4) is 0 Å². The quantitative estimate of drug-likeness (QED) is 0.721. The summed E-state index contributed by atoms with van der Waals surface area (Å²) >= 11 is 0. The summed E-state index contributed by atoms with van der Waals surface area (Å²) in [7, 11) is 0. The van der Waals surface area contributed by atoms with Gasteiger partial charge in [-0.15, -0.1) is 0 Å². The third kappa shape index (κ3) is 3.85. The van der Waals surface area contributed by atoms with Crippen molar-refractivity contribution in [3.05, 3.63) is 54.1 Å². The molecule has 2 aromatic rings. The molecule has 25 heavy (non-hydrogen) atoms. The molecule has 0 saturated carbocycles. The molecule has 6 nitrogen and oxygen atoms in total. The van der Waals surface area contributed by atoms with E-state index in [1.165, 1.54) is 6.92 Å². The van der Waals surface area contributed by atoms with Crippen LogP contribution in [0.15, 0.2) is 48.5 Å². The molecule has 1 heterocycles. The molecule has 2 aromatic carbocycles. The lowest BCUT2D eigenvalue weighted by Gasteiger charge is -2.38. The van der Waals surface area contributed by atoms with E-state index in [9.17, 15) is 9.90 Å². The van der Waals surface area contributed by atoms with Gasteiger partial charge in [-0.05, 0) is 30.7 Å². The summed E-state index contributed by atoms with van der Waals surface area (Å²) in [4.78, 5) is 13.3. The second kappa shape index (κ2) is 6.64. The number of anilines is 2. The van der Waals surface area contributed by atoms with Gasteiger partial charge in [-0.3, -0.25) is 0 Å². The molecule has 1 aliphatic rings. The molecule has 6 heteroatoms. The summed E-state index contributed by atoms with van der Waals surface area (Å²) in [5, 5.41) is 19.3. The molecule has 0 aromatic heterocycles. The molecule has 132 valence electrons. The molecule has 0 radical (unpaired) electrons. The first-order valence-corrected chi connectivity index (χ1v) is 8.16. The number of carboxylic acids is 1. The second-order valence-corrected chi connectivity index (χ2v) is 6.62. The number of aliphatic carboxylic acids is 1. The van der Waals surface area contributed by atoms with Crippen molar-refractivity contribution in [2.75, 3.05) is 17.2 Å². The third-order valence-electron chi connectivity index (χ3n) is 4.34. The van der Waals surface area contributed by atoms with Crippen LogP contribution in [0.1, 0.15) is 18.9 Å². The standard InChI is InChI=1S/C19H22N2O4/c1-19(24,18(22)23)10-15-12-21(11-13-5-3-2-4-6-13)16-9-14(20)7-8-17(16)25-15/h2-9,15,24H,10-12,20H2,1H3,(H,22,23)/t15-,19+/m0/s1. The molecule has 0 fully saturated rings. The Labute approximate surface area is 146 Å². The Balaban J connectivity index is 1.87. The Hall–Kier alpha value is -2.73. The van der Waals surface area contributed by atoms with E-state index < -0.39 is 17.7 Å². The Morgan fingerprint density at radius 1 is 1.32 bits per heavy atom. The number of fused-ring (bicyclic) bond motifs is 1. The van der Waals surface area contributed by atoms with Gasteiger partial charge in [0.1, 0.15) is 11.9 Å². The molecule has 0 spiro atoms. The van der Waals surface area contributed by atoms with Crippen molar-refractivity contribution in [3.63, 3.8) is 0 Å². The van der Waals surface area contributed by atoms with E-state index in [-0.39, 0.29) is 6.42 Å². The Kier molecular flexibility index (Phi) is 4.55. The number of carbonyl (C=O) groups is 1. The minimum absolute atomic E-state index is 0.00254. The monoisotopic (exact) mass is 342 g/mol. The predicted octanol–water partition coefficient (Wildman–Crippen LogP) is 2.26. The summed E-state index contributed by atoms with van der Waals surface area (Å²) in [5.74, 6) is -0.614. The minimum Gasteiger partial charge on any atom is -0.486 e. The van der Waals surface area contributed by atoms with E-state index in [0.717, 1.165) is 11.3 Å². The van der Waals surface area contributed by atoms with Crippen molar-refractivity contribution in [1.82, 2.24) is 0 Å². The van der Waals surface area contributed by atoms with Gasteiger partial charge in [-0.25, -0.2) is 4.79 Å². The summed E-state index contributed by atoms with van der Waals surface area (Å²) in [6, 6.07) is 15.4. The maximum absolute atomic E-state index is 11.2. The fraction of sp³-hybridized carbons (Fsp3) is 0.316. The first kappa shape index (κ1) is 17.1. The Morgan fingerprint density at radius 2 is 2.04 bits per heavy atom. The molecular formula is C19H22N2O4. The second-order valence-electron chi connectivity index (χ2n) is 6.62. The lowest BCUT2D eigenvalue weighted by Crippen LogP contribution is -2.46. The van der Waals surface area contributed by atoms with Crippen molar-refractivity contribution in [2.24, 2.45) is 0 Å². The van der Waals surface area contributed by atoms with Crippen LogP contribution < -0.4 is 15.4 Å². The van der Waals surface area contributed by atoms with Crippen LogP contribution in [0.4, 0.5) is 11.4 Å². The van der Waals surface area contributed by atoms with E-state index in [0.29, 0.717) is 24.5 Å². The number of nitrogens with two attached hydrogens (primary N) is 1. The van der Waals surface area contributed by atoms with Crippen molar-refractivity contribution in [2.45, 2.75) is 31.6 Å². The number of rotatable bonds is 5. The topological polar surface area (TPSA) is 96.0 Å². The maximum Gasteiger partial charge on any atom is 0.335 e. The van der Waals surface area contributed by atoms with Crippen LogP contribution in [-0.4, -0.2) is 34.4 Å². The number of nitrogens with zero attached hydrogens (tertiary/aromatic N) is 1. The molecule has 0 unspecified atom stereocenters. The van der Waals surface area contributed by atoms with Crippen LogP contribution in [0.25, 0.3) is 0 Å². The number of aliphatic hydroxyl groups is 1. The fourth-order valence-electron chi connectivity index (χ4n) is 3.03. The fourth-order valence-corrected chi connectivity index (χ4v) is 3.03. The van der Waals surface area contributed by atoms with Gasteiger partial charge < -0.3 is 25.6 Å². The summed E-state index contributed by atoms with van der Waals surface area (Å²) in [6.07, 6.45) is -0.441. The number of hydrogen-bond donors (Lipinski definition) is 3. The zero-order valence-electron chi connectivity index (χ0n) is 14.1. The van der Waals surface area contributed by atoms with Gasteiger partial charge in [0.15, 0.2) is 5.60 Å². The number of nitrogen functional groups attached to an aromatic ring is 1. The van der Waals surface area contributed by atoms with Gasteiger partial charge in [0.05, 0.1) is 12.2 Å². The number of carboxylic acid groups (broad SMARTS) is 1. The van der Waals surface area contributed by atoms with E-state index in [2.05, 4.69) is 4.90 Å². The van der Waals surface area contributed by atoms with Gasteiger partial charge >= 0.3 is 5.97 Å². The average molecular weight is 342 g/mol. The molecule has 2 atom stereocenters. The summed E-state index contributed by atoms with van der Waals surface area (Å²) in [6.45, 7) is 2.40. The van der Waals surface area contributed by atoms with Crippen LogP contribution in [0.2, 0.25) is 0 Å². The molecule has 0 aliphatic carbocycles. The van der Waals surface area contributed by atoms with Gasteiger partial charge in [-0.2, -0.15) is 0 Å². The maximum atomic E-state index is 11.2. The number of benzene rings is 2. The Bertz CT molecular complexity index is 761. The molecule has 1 aliphatic heterocycles. The number of ether oxygens (including phenoxy) is 1. The normalized spacial score (nSPS) is 18.8. The highest BCUT2D eigenvalue weighted by Crippen LogP contribution is 2.37. The lowest BCUT2D eigenvalue weighted by atomic mass is 9.97. The zero-order chi connectivity index (χ0) is 18.0. The summed E-state index contributed by atoms with van der Waals surface area (Å²) < 4.78 is 5.92. The van der Waals surface area contributed by atoms with Gasteiger partial charge in [-0.1, -0.05) is 30.3 Å². The van der Waals surface area contributed by atoms with Crippen LogP contribution in [-0.2, 0) is 11.3 Å². The number of hydrogen-bond acceptors (Lipinski definition) is 5. The smallest absolute Gasteiger partial charge is 0.335 e. The molecule has 0 saturated heterocycles. The van der Waals surface area contributed by atoms with Gasteiger partial charge in [0.25, 0.3) is 0 Å². The van der Waals surface area contributed by atoms with Gasteiger partial charge in [0, 0.05) is 18.7 Å². The Morgan fingerprint density at radius 3 is 2.72 bits per heavy atom. The molecule has 3 rings (SSSR count). The largest absolute Gasteiger partial charge is 0.486 e. The predicted molar refractivity (Wildman–Crippen MR) is 95.6 cm³/mol. The zero-order valence-corrected chi connectivity index (χ0v) is 14.1. The van der Waals surface area contributed by atoms with E-state index >= 15 is 0 Å². The van der Waals surface area contributed by atoms with E-state index in [1.807, 2.05) is 36.4 Å². The van der Waals surface area contributed by atoms with Crippen LogP contribution in [0, 0.1) is 0 Å². The van der Waals surface area contributed by atoms with Crippen molar-refractivity contribution < 1.29 is 19.7 Å². The minimum atomic E-state index is -1.84. The third-order valence-corrected chi connectivity index (χ3v) is 4.34. The van der Waals surface area contributed by atoms with Gasteiger partial charge in [0.2, 0.25) is 0 Å². The summed E-state index contributed by atoms with van der Waals surface area (Å²) in [5.41, 5.74) is 6.71. The molecule has 0 amide bonds. The highest BCUT2D eigenvalue weighted by atomic mass is 16.5.